The first-order chi connectivity index (χ1) is 10.6. The number of rotatable bonds is 5. The molecule has 1 aromatic rings. The van der Waals surface area contributed by atoms with Gasteiger partial charge in [0.15, 0.2) is 5.96 Å². The summed E-state index contributed by atoms with van der Waals surface area (Å²) in [5, 5.41) is 7.52. The highest BCUT2D eigenvalue weighted by Crippen LogP contribution is 2.27. The zero-order chi connectivity index (χ0) is 15.9. The molecule has 4 N–H and O–H groups in total. The lowest BCUT2D eigenvalue weighted by atomic mass is 10.1. The smallest absolute Gasteiger partial charge is 0.248 e. The van der Waals surface area contributed by atoms with Gasteiger partial charge in [0.1, 0.15) is 0 Å². The molecule has 128 valence electrons. The molecule has 1 aliphatic carbocycles. The number of aliphatic imine (C=N–C) groups is 1. The number of guanidine groups is 1. The zero-order valence-corrected chi connectivity index (χ0v) is 16.7. The van der Waals surface area contributed by atoms with E-state index >= 15 is 0 Å². The first-order valence-corrected chi connectivity index (χ1v) is 8.80. The van der Waals surface area contributed by atoms with Crippen LogP contribution in [0.3, 0.4) is 0 Å². The van der Waals surface area contributed by atoms with Crippen LogP contribution >= 0.6 is 35.7 Å². The average molecular weight is 448 g/mol. The lowest BCUT2D eigenvalue weighted by Crippen LogP contribution is -2.42. The van der Waals surface area contributed by atoms with Gasteiger partial charge in [0.2, 0.25) is 5.91 Å². The summed E-state index contributed by atoms with van der Waals surface area (Å²) >= 11 is 1.94. The number of amides is 1. The van der Waals surface area contributed by atoms with Crippen LogP contribution < -0.4 is 16.4 Å². The minimum Gasteiger partial charge on any atom is -0.366 e. The van der Waals surface area contributed by atoms with Crippen molar-refractivity contribution in [2.24, 2.45) is 10.7 Å². The van der Waals surface area contributed by atoms with Gasteiger partial charge in [0, 0.05) is 30.4 Å². The van der Waals surface area contributed by atoms with E-state index in [9.17, 15) is 4.79 Å². The van der Waals surface area contributed by atoms with Gasteiger partial charge in [-0.25, -0.2) is 0 Å². The van der Waals surface area contributed by atoms with Crippen LogP contribution in [-0.4, -0.2) is 36.5 Å². The predicted octanol–water partition coefficient (Wildman–Crippen LogP) is 2.35. The van der Waals surface area contributed by atoms with E-state index < -0.39 is 5.91 Å². The molecule has 0 radical (unpaired) electrons. The fourth-order valence-corrected chi connectivity index (χ4v) is 3.49. The average Bonchev–Trinajstić information content (AvgIpc) is 2.99. The van der Waals surface area contributed by atoms with Crippen LogP contribution in [0.1, 0.15) is 35.2 Å². The third-order valence-corrected chi connectivity index (χ3v) is 5.05. The second kappa shape index (κ2) is 10.0. The van der Waals surface area contributed by atoms with E-state index in [1.807, 2.05) is 30.0 Å². The van der Waals surface area contributed by atoms with Crippen molar-refractivity contribution in [2.75, 3.05) is 13.3 Å². The standard InChI is InChI=1S/C16H24N4OS.HI/c1-18-16(20-13-6-7-14(9-13)22-2)19-10-11-4-3-5-12(8-11)15(17)21;/h3-5,8,13-14H,6-7,9-10H2,1-2H3,(H2,17,21)(H2,18,19,20);1H. The predicted molar refractivity (Wildman–Crippen MR) is 109 cm³/mol. The van der Waals surface area contributed by atoms with Crippen LogP contribution in [0.25, 0.3) is 0 Å². The van der Waals surface area contributed by atoms with Crippen molar-refractivity contribution in [1.82, 2.24) is 10.6 Å². The number of carbonyl (C=O) groups excluding carboxylic acids is 1. The van der Waals surface area contributed by atoms with Crippen molar-refractivity contribution in [3.8, 4) is 0 Å². The first kappa shape index (κ1) is 20.1. The fourth-order valence-electron chi connectivity index (χ4n) is 2.69. The zero-order valence-electron chi connectivity index (χ0n) is 13.5. The summed E-state index contributed by atoms with van der Waals surface area (Å²) in [7, 11) is 1.77. The number of nitrogens with two attached hydrogens (primary N) is 1. The van der Waals surface area contributed by atoms with Crippen LogP contribution in [0, 0.1) is 0 Å². The monoisotopic (exact) mass is 448 g/mol. The number of nitrogens with one attached hydrogen (secondary N) is 2. The second-order valence-electron chi connectivity index (χ2n) is 5.50. The van der Waals surface area contributed by atoms with E-state index in [1.54, 1.807) is 13.1 Å². The Morgan fingerprint density at radius 1 is 1.43 bits per heavy atom. The fraction of sp³-hybridized carbons (Fsp3) is 0.500. The van der Waals surface area contributed by atoms with Crippen molar-refractivity contribution in [1.29, 1.82) is 0 Å². The van der Waals surface area contributed by atoms with Crippen molar-refractivity contribution in [2.45, 2.75) is 37.1 Å². The van der Waals surface area contributed by atoms with Crippen molar-refractivity contribution in [3.05, 3.63) is 35.4 Å². The van der Waals surface area contributed by atoms with Gasteiger partial charge >= 0.3 is 0 Å². The molecule has 0 spiro atoms. The van der Waals surface area contributed by atoms with Crippen molar-refractivity contribution >= 4 is 47.6 Å². The Labute approximate surface area is 159 Å². The Hall–Kier alpha value is -0.960. The van der Waals surface area contributed by atoms with Crippen LogP contribution in [0.4, 0.5) is 0 Å². The number of nitrogens with zero attached hydrogens (tertiary/aromatic N) is 1. The van der Waals surface area contributed by atoms with E-state index in [0.29, 0.717) is 18.2 Å². The Morgan fingerprint density at radius 2 is 2.22 bits per heavy atom. The highest BCUT2D eigenvalue weighted by atomic mass is 127. The largest absolute Gasteiger partial charge is 0.366 e. The van der Waals surface area contributed by atoms with Crippen LogP contribution in [0.2, 0.25) is 0 Å². The molecular formula is C16H25IN4OS. The van der Waals surface area contributed by atoms with Gasteiger partial charge in [-0.15, -0.1) is 24.0 Å². The molecule has 1 aliphatic rings. The molecule has 0 saturated heterocycles. The molecular weight excluding hydrogens is 423 g/mol. The highest BCUT2D eigenvalue weighted by Gasteiger charge is 2.24. The Bertz CT molecular complexity index is 553. The van der Waals surface area contributed by atoms with Gasteiger partial charge in [0.25, 0.3) is 0 Å². The number of hydrogen-bond acceptors (Lipinski definition) is 3. The van der Waals surface area contributed by atoms with Crippen LogP contribution in [0.15, 0.2) is 29.3 Å². The second-order valence-corrected chi connectivity index (χ2v) is 6.64. The lowest BCUT2D eigenvalue weighted by molar-refractivity contribution is 0.1000. The van der Waals surface area contributed by atoms with E-state index in [1.165, 1.54) is 19.3 Å². The number of carbonyl (C=O) groups is 1. The minimum absolute atomic E-state index is 0. The van der Waals surface area contributed by atoms with Crippen LogP contribution in [0.5, 0.6) is 0 Å². The minimum atomic E-state index is -0.404. The summed E-state index contributed by atoms with van der Waals surface area (Å²) in [5.74, 6) is 0.398. The molecule has 23 heavy (non-hydrogen) atoms. The molecule has 5 nitrogen and oxygen atoms in total. The maximum absolute atomic E-state index is 11.2. The highest BCUT2D eigenvalue weighted by molar-refractivity contribution is 14.0. The van der Waals surface area contributed by atoms with E-state index in [2.05, 4.69) is 21.9 Å². The molecule has 1 aromatic carbocycles. The molecule has 2 unspecified atom stereocenters. The van der Waals surface area contributed by atoms with Crippen molar-refractivity contribution < 1.29 is 4.79 Å². The molecule has 0 heterocycles. The quantitative estimate of drug-likeness (QED) is 0.367. The van der Waals surface area contributed by atoms with Crippen molar-refractivity contribution in [3.63, 3.8) is 0 Å². The van der Waals surface area contributed by atoms with Gasteiger partial charge in [-0.3, -0.25) is 9.79 Å². The summed E-state index contributed by atoms with van der Waals surface area (Å²) in [5.41, 5.74) is 6.84. The maximum Gasteiger partial charge on any atom is 0.248 e. The molecule has 0 aliphatic heterocycles. The SMILES string of the molecule is CN=C(NCc1cccc(C(N)=O)c1)NC1CCC(SC)C1.I. The summed E-state index contributed by atoms with van der Waals surface area (Å²) < 4.78 is 0. The topological polar surface area (TPSA) is 79.5 Å². The maximum atomic E-state index is 11.2. The number of thioether (sulfide) groups is 1. The number of halogens is 1. The molecule has 0 bridgehead atoms. The molecule has 7 heteroatoms. The van der Waals surface area contributed by atoms with Gasteiger partial charge in [-0.05, 0) is 43.2 Å². The molecule has 1 amide bonds. The molecule has 2 atom stereocenters. The van der Waals surface area contributed by atoms with Gasteiger partial charge in [-0.2, -0.15) is 11.8 Å². The van der Waals surface area contributed by atoms with Gasteiger partial charge in [-0.1, -0.05) is 12.1 Å². The summed E-state index contributed by atoms with van der Waals surface area (Å²) in [4.78, 5) is 15.5. The molecule has 2 rings (SSSR count). The van der Waals surface area contributed by atoms with E-state index in [-0.39, 0.29) is 24.0 Å². The number of primary amides is 1. The molecule has 1 fully saturated rings. The van der Waals surface area contributed by atoms with E-state index in [4.69, 9.17) is 5.73 Å². The third-order valence-electron chi connectivity index (χ3n) is 3.95. The Morgan fingerprint density at radius 3 is 2.83 bits per heavy atom. The lowest BCUT2D eigenvalue weighted by Gasteiger charge is -2.17. The van der Waals surface area contributed by atoms with Gasteiger partial charge < -0.3 is 16.4 Å². The van der Waals surface area contributed by atoms with Crippen LogP contribution in [-0.2, 0) is 6.54 Å². The summed E-state index contributed by atoms with van der Waals surface area (Å²) in [6.07, 6.45) is 5.80. The molecule has 1 saturated carbocycles. The number of benzene rings is 1. The summed E-state index contributed by atoms with van der Waals surface area (Å²) in [6.45, 7) is 0.611. The summed E-state index contributed by atoms with van der Waals surface area (Å²) in [6, 6.07) is 7.82. The van der Waals surface area contributed by atoms with Gasteiger partial charge in [0.05, 0.1) is 0 Å². The third kappa shape index (κ3) is 6.21. The normalized spacial score (nSPS) is 20.7. The molecule has 0 aromatic heterocycles. The Kier molecular flexibility index (Phi) is 8.75. The Balaban J connectivity index is 0.00000264. The van der Waals surface area contributed by atoms with E-state index in [0.717, 1.165) is 16.8 Å². The first-order valence-electron chi connectivity index (χ1n) is 7.51. The number of hydrogen-bond donors (Lipinski definition) is 3.